The number of hydrogen-bond donors (Lipinski definition) is 0. The number of nitrogens with zero attached hydrogens (tertiary/aromatic N) is 5. The van der Waals surface area contributed by atoms with E-state index in [0.717, 1.165) is 21.1 Å². The Bertz CT molecular complexity index is 639. The van der Waals surface area contributed by atoms with Gasteiger partial charge in [0.2, 0.25) is 0 Å². The van der Waals surface area contributed by atoms with Gasteiger partial charge < -0.3 is 4.90 Å². The van der Waals surface area contributed by atoms with Gasteiger partial charge >= 0.3 is 0 Å². The molecule has 1 amide bonds. The van der Waals surface area contributed by atoms with Crippen LogP contribution in [0.3, 0.4) is 0 Å². The Labute approximate surface area is 123 Å². The van der Waals surface area contributed by atoms with E-state index in [0.29, 0.717) is 18.9 Å². The van der Waals surface area contributed by atoms with E-state index in [2.05, 4.69) is 38.0 Å². The minimum absolute atomic E-state index is 0.0484. The second-order valence-corrected chi connectivity index (χ2v) is 5.72. The van der Waals surface area contributed by atoms with Crippen molar-refractivity contribution >= 4 is 28.5 Å². The Morgan fingerprint density at radius 1 is 1.42 bits per heavy atom. The molecule has 0 radical (unpaired) electrons. The third-order valence-corrected chi connectivity index (χ3v) is 3.79. The van der Waals surface area contributed by atoms with Crippen molar-refractivity contribution in [3.05, 3.63) is 38.7 Å². The van der Waals surface area contributed by atoms with Crippen LogP contribution < -0.4 is 0 Å². The van der Waals surface area contributed by atoms with Crippen molar-refractivity contribution in [1.29, 1.82) is 0 Å². The monoisotopic (exact) mass is 369 g/mol. The number of hydrogen-bond acceptors (Lipinski definition) is 4. The average molecular weight is 369 g/mol. The SMILES string of the molecule is Cn1nnc(CN2CCc3ccc(I)cc3C2=O)n1. The number of halogens is 1. The van der Waals surface area contributed by atoms with Gasteiger partial charge in [-0.1, -0.05) is 6.07 Å². The molecule has 19 heavy (non-hydrogen) atoms. The Morgan fingerprint density at radius 3 is 3.00 bits per heavy atom. The number of fused-ring (bicyclic) bond motifs is 1. The van der Waals surface area contributed by atoms with Crippen LogP contribution in [0, 0.1) is 3.57 Å². The first-order chi connectivity index (χ1) is 9.13. The lowest BCUT2D eigenvalue weighted by molar-refractivity contribution is 0.0722. The summed E-state index contributed by atoms with van der Waals surface area (Å²) < 4.78 is 1.07. The van der Waals surface area contributed by atoms with Crippen LogP contribution in [0.5, 0.6) is 0 Å². The fourth-order valence-electron chi connectivity index (χ4n) is 2.20. The molecule has 0 unspecified atom stereocenters. The molecule has 2 aromatic rings. The minimum atomic E-state index is 0.0484. The van der Waals surface area contributed by atoms with Gasteiger partial charge in [0.25, 0.3) is 5.91 Å². The van der Waals surface area contributed by atoms with Crippen molar-refractivity contribution in [3.63, 3.8) is 0 Å². The van der Waals surface area contributed by atoms with Gasteiger partial charge in [0.1, 0.15) is 0 Å². The first-order valence-electron chi connectivity index (χ1n) is 5.94. The summed E-state index contributed by atoms with van der Waals surface area (Å²) in [5.74, 6) is 0.622. The maximum Gasteiger partial charge on any atom is 0.254 e. The second kappa shape index (κ2) is 4.87. The molecule has 7 heteroatoms. The third kappa shape index (κ3) is 2.46. The summed E-state index contributed by atoms with van der Waals surface area (Å²) in [7, 11) is 1.71. The predicted octanol–water partition coefficient (Wildman–Crippen LogP) is 1.01. The molecule has 1 aliphatic rings. The molecule has 0 bridgehead atoms. The highest BCUT2D eigenvalue weighted by Crippen LogP contribution is 2.22. The summed E-state index contributed by atoms with van der Waals surface area (Å²) in [6.45, 7) is 1.11. The Kier molecular flexibility index (Phi) is 3.21. The van der Waals surface area contributed by atoms with Crippen LogP contribution in [0.2, 0.25) is 0 Å². The van der Waals surface area contributed by atoms with Crippen LogP contribution in [0.4, 0.5) is 0 Å². The fourth-order valence-corrected chi connectivity index (χ4v) is 2.69. The van der Waals surface area contributed by atoms with Gasteiger partial charge in [0, 0.05) is 15.7 Å². The van der Waals surface area contributed by atoms with Crippen LogP contribution in [0.15, 0.2) is 18.2 Å². The van der Waals surface area contributed by atoms with Crippen molar-refractivity contribution in [1.82, 2.24) is 25.1 Å². The van der Waals surface area contributed by atoms with Gasteiger partial charge in [-0.05, 0) is 51.9 Å². The zero-order valence-electron chi connectivity index (χ0n) is 10.4. The first-order valence-corrected chi connectivity index (χ1v) is 7.02. The molecular weight excluding hydrogens is 357 g/mol. The number of aryl methyl sites for hydroxylation is 1. The fraction of sp³-hybridized carbons (Fsp3) is 0.333. The van der Waals surface area contributed by atoms with Crippen LogP contribution in [0.1, 0.15) is 21.7 Å². The number of benzene rings is 1. The number of tetrazole rings is 1. The molecule has 1 aliphatic heterocycles. The normalized spacial score (nSPS) is 14.6. The molecule has 0 aliphatic carbocycles. The van der Waals surface area contributed by atoms with Gasteiger partial charge in [0.05, 0.1) is 13.6 Å². The molecule has 0 spiro atoms. The number of rotatable bonds is 2. The Morgan fingerprint density at radius 2 is 2.26 bits per heavy atom. The summed E-state index contributed by atoms with van der Waals surface area (Å²) >= 11 is 2.22. The van der Waals surface area contributed by atoms with Gasteiger partial charge in [-0.2, -0.15) is 4.80 Å². The van der Waals surface area contributed by atoms with Gasteiger partial charge in [0.15, 0.2) is 5.82 Å². The van der Waals surface area contributed by atoms with Crippen LogP contribution in [-0.4, -0.2) is 37.6 Å². The highest BCUT2D eigenvalue weighted by atomic mass is 127. The molecule has 1 aromatic carbocycles. The molecule has 3 rings (SSSR count). The summed E-state index contributed by atoms with van der Waals surface area (Å²) in [6.07, 6.45) is 0.873. The summed E-state index contributed by atoms with van der Waals surface area (Å²) in [4.78, 5) is 15.6. The number of carbonyl (C=O) groups is 1. The smallest absolute Gasteiger partial charge is 0.254 e. The Hall–Kier alpha value is -1.51. The van der Waals surface area contributed by atoms with E-state index < -0.39 is 0 Å². The van der Waals surface area contributed by atoms with Crippen molar-refractivity contribution in [2.45, 2.75) is 13.0 Å². The minimum Gasteiger partial charge on any atom is -0.331 e. The van der Waals surface area contributed by atoms with Crippen molar-refractivity contribution < 1.29 is 4.79 Å². The van der Waals surface area contributed by atoms with Crippen LogP contribution in [0.25, 0.3) is 0 Å². The largest absolute Gasteiger partial charge is 0.331 e. The lowest BCUT2D eigenvalue weighted by Crippen LogP contribution is -2.37. The molecule has 0 N–H and O–H groups in total. The highest BCUT2D eigenvalue weighted by Gasteiger charge is 2.25. The van der Waals surface area contributed by atoms with E-state index in [1.807, 2.05) is 18.2 Å². The molecule has 0 atom stereocenters. The molecule has 0 fully saturated rings. The third-order valence-electron chi connectivity index (χ3n) is 3.12. The lowest BCUT2D eigenvalue weighted by Gasteiger charge is -2.27. The van der Waals surface area contributed by atoms with Crippen LogP contribution >= 0.6 is 22.6 Å². The molecule has 1 aromatic heterocycles. The number of aromatic nitrogens is 4. The topological polar surface area (TPSA) is 63.9 Å². The zero-order valence-corrected chi connectivity index (χ0v) is 12.5. The van der Waals surface area contributed by atoms with Gasteiger partial charge in [-0.25, -0.2) is 0 Å². The molecule has 0 saturated carbocycles. The van der Waals surface area contributed by atoms with E-state index in [1.54, 1.807) is 11.9 Å². The van der Waals surface area contributed by atoms with E-state index in [-0.39, 0.29) is 5.91 Å². The maximum atomic E-state index is 12.4. The Balaban J connectivity index is 1.85. The first kappa shape index (κ1) is 12.5. The maximum absolute atomic E-state index is 12.4. The van der Waals surface area contributed by atoms with Gasteiger partial charge in [-0.3, -0.25) is 4.79 Å². The molecule has 0 saturated heterocycles. The molecule has 98 valence electrons. The standard InChI is InChI=1S/C12H12IN5O/c1-17-15-11(14-16-17)7-18-5-4-8-2-3-9(13)6-10(8)12(18)19/h2-3,6H,4-5,7H2,1H3. The predicted molar refractivity (Wildman–Crippen MR) is 76.4 cm³/mol. The lowest BCUT2D eigenvalue weighted by atomic mass is 9.99. The molecule has 6 nitrogen and oxygen atoms in total. The summed E-state index contributed by atoms with van der Waals surface area (Å²) in [5, 5.41) is 11.8. The van der Waals surface area contributed by atoms with Crippen LogP contribution in [-0.2, 0) is 20.0 Å². The van der Waals surface area contributed by atoms with Crippen molar-refractivity contribution in [2.75, 3.05) is 6.54 Å². The van der Waals surface area contributed by atoms with E-state index in [1.165, 1.54) is 4.80 Å². The van der Waals surface area contributed by atoms with Crippen molar-refractivity contribution in [2.24, 2.45) is 7.05 Å². The molecule has 2 heterocycles. The second-order valence-electron chi connectivity index (χ2n) is 4.47. The van der Waals surface area contributed by atoms with Crippen molar-refractivity contribution in [3.8, 4) is 0 Å². The summed E-state index contributed by atoms with van der Waals surface area (Å²) in [6, 6.07) is 6.01. The number of amides is 1. The molecular formula is C12H12IN5O. The number of carbonyl (C=O) groups excluding carboxylic acids is 1. The quantitative estimate of drug-likeness (QED) is 0.742. The van der Waals surface area contributed by atoms with E-state index in [4.69, 9.17) is 0 Å². The average Bonchev–Trinajstić information content (AvgIpc) is 2.79. The highest BCUT2D eigenvalue weighted by molar-refractivity contribution is 14.1. The van der Waals surface area contributed by atoms with Gasteiger partial charge in [-0.15, -0.1) is 10.2 Å². The van der Waals surface area contributed by atoms with E-state index in [9.17, 15) is 4.79 Å². The summed E-state index contributed by atoms with van der Waals surface area (Å²) in [5.41, 5.74) is 1.91. The van der Waals surface area contributed by atoms with E-state index >= 15 is 0 Å². The zero-order chi connectivity index (χ0) is 13.4.